The highest BCUT2D eigenvalue weighted by molar-refractivity contribution is 5.77. The smallest absolute Gasteiger partial charge is 0.253 e. The van der Waals surface area contributed by atoms with Crippen molar-refractivity contribution in [2.45, 2.75) is 13.0 Å². The zero-order valence-corrected chi connectivity index (χ0v) is 16.6. The van der Waals surface area contributed by atoms with Gasteiger partial charge in [-0.1, -0.05) is 0 Å². The number of nitrogens with one attached hydrogen (secondary N) is 1. The van der Waals surface area contributed by atoms with Crippen molar-refractivity contribution in [3.8, 4) is 0 Å². The fourth-order valence-electron chi connectivity index (χ4n) is 4.07. The zero-order chi connectivity index (χ0) is 20.4. The number of anilines is 2. The summed E-state index contributed by atoms with van der Waals surface area (Å²) in [5, 5.41) is 3.21. The first kappa shape index (κ1) is 19.7. The Labute approximate surface area is 168 Å². The first-order valence-electron chi connectivity index (χ1n) is 9.99. The maximum atomic E-state index is 12.2. The molecule has 156 valence electrons. The van der Waals surface area contributed by atoms with Crippen LogP contribution in [0.25, 0.3) is 0 Å². The van der Waals surface area contributed by atoms with Crippen molar-refractivity contribution in [3.05, 3.63) is 44.6 Å². The molecule has 1 N–H and O–H groups in total. The summed E-state index contributed by atoms with van der Waals surface area (Å²) < 4.78 is 11.1. The molecule has 2 aliphatic heterocycles. The highest BCUT2D eigenvalue weighted by Crippen LogP contribution is 2.26. The summed E-state index contributed by atoms with van der Waals surface area (Å²) in [6.07, 6.45) is 1.64. The Morgan fingerprint density at radius 2 is 1.83 bits per heavy atom. The van der Waals surface area contributed by atoms with E-state index in [2.05, 4.69) is 10.2 Å². The Morgan fingerprint density at radius 3 is 2.45 bits per heavy atom. The van der Waals surface area contributed by atoms with Gasteiger partial charge in [0.2, 0.25) is 5.91 Å². The van der Waals surface area contributed by atoms with Gasteiger partial charge in [0.15, 0.2) is 0 Å². The van der Waals surface area contributed by atoms with Crippen LogP contribution >= 0.6 is 0 Å². The Morgan fingerprint density at radius 1 is 1.10 bits per heavy atom. The minimum atomic E-state index is -0.478. The number of ether oxygens (including phenoxy) is 1. The minimum absolute atomic E-state index is 0.0276. The molecule has 4 rings (SSSR count). The Bertz CT molecular complexity index is 904. The number of morpholine rings is 1. The summed E-state index contributed by atoms with van der Waals surface area (Å²) in [4.78, 5) is 41.9. The van der Waals surface area contributed by atoms with E-state index in [0.717, 1.165) is 18.8 Å². The average Bonchev–Trinajstić information content (AvgIpc) is 3.28. The van der Waals surface area contributed by atoms with E-state index >= 15 is 0 Å². The van der Waals surface area contributed by atoms with Gasteiger partial charge in [-0.3, -0.25) is 19.3 Å². The molecule has 0 radical (unpaired) electrons. The molecule has 2 saturated heterocycles. The molecule has 1 aromatic heterocycles. The maximum Gasteiger partial charge on any atom is 0.253 e. The largest absolute Gasteiger partial charge is 0.468 e. The van der Waals surface area contributed by atoms with Gasteiger partial charge in [-0.2, -0.15) is 0 Å². The van der Waals surface area contributed by atoms with Gasteiger partial charge in [0.1, 0.15) is 17.1 Å². The number of amides is 1. The quantitative estimate of drug-likeness (QED) is 0.677. The molecule has 2 fully saturated rings. The molecule has 0 unspecified atom stereocenters. The number of carbonyl (C=O) groups is 1. The second kappa shape index (κ2) is 8.38. The fraction of sp³-hybridized carbons (Fsp3) is 0.550. The lowest BCUT2D eigenvalue weighted by molar-refractivity contribution is -0.129. The van der Waals surface area contributed by atoms with Crippen molar-refractivity contribution in [1.82, 2.24) is 9.80 Å². The Kier molecular flexibility index (Phi) is 5.68. The third-order valence-electron chi connectivity index (χ3n) is 5.76. The van der Waals surface area contributed by atoms with Crippen LogP contribution in [0, 0.1) is 0 Å². The van der Waals surface area contributed by atoms with E-state index in [1.807, 2.05) is 17.0 Å². The number of hydrogen-bond acceptors (Lipinski definition) is 8. The molecule has 2 aromatic rings. The molecule has 9 heteroatoms. The average molecular weight is 402 g/mol. The summed E-state index contributed by atoms with van der Waals surface area (Å²) in [5.41, 5.74) is -0.117. The normalized spacial score (nSPS) is 19.5. The number of rotatable bonds is 6. The maximum absolute atomic E-state index is 12.2. The van der Waals surface area contributed by atoms with E-state index in [0.29, 0.717) is 57.3 Å². The van der Waals surface area contributed by atoms with E-state index in [-0.39, 0.29) is 11.9 Å². The first-order valence-corrected chi connectivity index (χ1v) is 9.99. The second-order valence-corrected chi connectivity index (χ2v) is 7.44. The van der Waals surface area contributed by atoms with Crippen LogP contribution in [0.15, 0.2) is 32.4 Å². The molecular formula is C20H26N4O5. The van der Waals surface area contributed by atoms with Gasteiger partial charge in [0.05, 0.1) is 25.5 Å². The summed E-state index contributed by atoms with van der Waals surface area (Å²) in [7, 11) is 0. The summed E-state index contributed by atoms with van der Waals surface area (Å²) in [6.45, 7) is 7.06. The molecule has 3 heterocycles. The molecule has 1 aromatic carbocycles. The first-order chi connectivity index (χ1) is 14.1. The third kappa shape index (κ3) is 3.92. The Balaban J connectivity index is 1.47. The van der Waals surface area contributed by atoms with Crippen molar-refractivity contribution in [3.63, 3.8) is 0 Å². The topological polar surface area (TPSA) is 95.3 Å². The molecule has 1 amide bonds. The lowest BCUT2D eigenvalue weighted by atomic mass is 10.1. The molecule has 0 bridgehead atoms. The summed E-state index contributed by atoms with van der Waals surface area (Å²) in [6, 6.07) is 3.71. The van der Waals surface area contributed by atoms with Gasteiger partial charge in [-0.25, -0.2) is 0 Å². The van der Waals surface area contributed by atoms with Crippen LogP contribution < -0.4 is 21.1 Å². The van der Waals surface area contributed by atoms with Crippen LogP contribution in [0.5, 0.6) is 0 Å². The van der Waals surface area contributed by atoms with Gasteiger partial charge >= 0.3 is 0 Å². The van der Waals surface area contributed by atoms with Gasteiger partial charge in [0.25, 0.3) is 10.9 Å². The predicted molar refractivity (Wildman–Crippen MR) is 108 cm³/mol. The number of hydrogen-bond donors (Lipinski definition) is 1. The van der Waals surface area contributed by atoms with Crippen molar-refractivity contribution >= 4 is 17.3 Å². The van der Waals surface area contributed by atoms with Crippen LogP contribution in [0.1, 0.15) is 18.7 Å². The van der Waals surface area contributed by atoms with E-state index in [1.54, 1.807) is 18.1 Å². The minimum Gasteiger partial charge on any atom is -0.468 e. The van der Waals surface area contributed by atoms with Gasteiger partial charge in [-0.05, 0) is 12.1 Å². The highest BCUT2D eigenvalue weighted by atomic mass is 16.5. The zero-order valence-electron chi connectivity index (χ0n) is 16.6. The third-order valence-corrected chi connectivity index (χ3v) is 5.76. The van der Waals surface area contributed by atoms with E-state index in [9.17, 15) is 14.4 Å². The van der Waals surface area contributed by atoms with Crippen molar-refractivity contribution in [2.24, 2.45) is 0 Å². The number of piperazine rings is 1. The van der Waals surface area contributed by atoms with Crippen LogP contribution in [-0.2, 0) is 9.53 Å². The molecule has 29 heavy (non-hydrogen) atoms. The highest BCUT2D eigenvalue weighted by Gasteiger charge is 2.31. The molecule has 0 spiro atoms. The lowest BCUT2D eigenvalue weighted by Gasteiger charge is -2.37. The monoisotopic (exact) mass is 402 g/mol. The Hall–Kier alpha value is -2.65. The predicted octanol–water partition coefficient (Wildman–Crippen LogP) is 0.0295. The van der Waals surface area contributed by atoms with E-state index in [4.69, 9.17) is 9.15 Å². The van der Waals surface area contributed by atoms with Gasteiger partial charge in [-0.15, -0.1) is 0 Å². The molecular weight excluding hydrogens is 376 g/mol. The fourth-order valence-corrected chi connectivity index (χ4v) is 4.07. The van der Waals surface area contributed by atoms with Crippen molar-refractivity contribution in [2.75, 3.05) is 69.2 Å². The number of carbonyl (C=O) groups excluding carboxylic acids is 1. The van der Waals surface area contributed by atoms with Crippen LogP contribution in [-0.4, -0.2) is 74.7 Å². The van der Waals surface area contributed by atoms with Crippen molar-refractivity contribution < 1.29 is 13.9 Å². The van der Waals surface area contributed by atoms with Crippen molar-refractivity contribution in [1.29, 1.82) is 0 Å². The number of nitrogens with zero attached hydrogens (tertiary/aromatic N) is 3. The molecule has 2 aliphatic rings. The van der Waals surface area contributed by atoms with Crippen LogP contribution in [0.2, 0.25) is 0 Å². The molecule has 0 aliphatic carbocycles. The lowest BCUT2D eigenvalue weighted by Crippen LogP contribution is -2.52. The second-order valence-electron chi connectivity index (χ2n) is 7.44. The van der Waals surface area contributed by atoms with Gasteiger partial charge in [0, 0.05) is 52.7 Å². The number of furan rings is 1. The summed E-state index contributed by atoms with van der Waals surface area (Å²) in [5.74, 6) is 0.842. The molecule has 9 nitrogen and oxygen atoms in total. The van der Waals surface area contributed by atoms with Crippen LogP contribution in [0.4, 0.5) is 11.4 Å². The van der Waals surface area contributed by atoms with Gasteiger partial charge < -0.3 is 24.3 Å². The molecule has 1 atom stereocenters. The van der Waals surface area contributed by atoms with Crippen LogP contribution in [0.3, 0.4) is 0 Å². The molecule has 0 saturated carbocycles. The SMILES string of the molecule is CC(=O)N1CCN(c2c(NC[C@H](c3ccco3)N3CCOCC3)c(=O)c2=O)CC1. The van der Waals surface area contributed by atoms with E-state index < -0.39 is 10.9 Å². The van der Waals surface area contributed by atoms with E-state index in [1.165, 1.54) is 0 Å². The summed E-state index contributed by atoms with van der Waals surface area (Å²) >= 11 is 0. The standard InChI is InChI=1S/C20H26N4O5/c1-14(25)22-4-6-24(7-5-22)18-17(19(26)20(18)27)21-13-15(16-3-2-10-29-16)23-8-11-28-12-9-23/h2-3,10,15,21H,4-9,11-13H2,1H3/t15-/m1/s1.